The van der Waals surface area contributed by atoms with Crippen LogP contribution >= 0.6 is 11.6 Å². The second-order valence-electron chi connectivity index (χ2n) is 13.9. The van der Waals surface area contributed by atoms with Gasteiger partial charge in [0, 0.05) is 12.0 Å². The number of carbonyl (C=O) groups excluding carboxylic acids is 2. The van der Waals surface area contributed by atoms with E-state index in [9.17, 15) is 26.4 Å². The van der Waals surface area contributed by atoms with Gasteiger partial charge in [0.25, 0.3) is 5.91 Å². The first-order valence-corrected chi connectivity index (χ1v) is 21.6. The number of aliphatic hydroxyl groups is 1. The second-order valence-corrected chi connectivity index (χ2v) is 17.9. The third-order valence-corrected chi connectivity index (χ3v) is 11.5. The molecule has 1 amide bonds. The molecule has 0 saturated heterocycles. The van der Waals surface area contributed by atoms with Crippen LogP contribution in [0, 0.1) is 5.41 Å². The zero-order valence-electron chi connectivity index (χ0n) is 30.6. The highest BCUT2D eigenvalue weighted by Crippen LogP contribution is 2.28. The van der Waals surface area contributed by atoms with Crippen LogP contribution in [0.1, 0.15) is 118 Å². The average molecular weight is 772 g/mol. The number of nitrogens with one attached hydrogen (secondary N) is 3. The Balaban J connectivity index is 1.93. The largest absolute Gasteiger partial charge is 0.473 e. The van der Waals surface area contributed by atoms with Crippen molar-refractivity contribution < 1.29 is 36.3 Å². The van der Waals surface area contributed by atoms with E-state index < -0.39 is 43.3 Å². The molecule has 0 aliphatic rings. The van der Waals surface area contributed by atoms with Crippen LogP contribution in [0.2, 0.25) is 5.02 Å². The zero-order chi connectivity index (χ0) is 37.9. The highest BCUT2D eigenvalue weighted by Gasteiger charge is 2.37. The van der Waals surface area contributed by atoms with Gasteiger partial charge in [-0.2, -0.15) is 0 Å². The lowest BCUT2D eigenvalue weighted by molar-refractivity contribution is -0.140. The van der Waals surface area contributed by atoms with Gasteiger partial charge in [0.1, 0.15) is 5.75 Å². The van der Waals surface area contributed by atoms with Crippen LogP contribution in [0.5, 0.6) is 5.75 Å². The highest BCUT2D eigenvalue weighted by molar-refractivity contribution is 7.92. The van der Waals surface area contributed by atoms with E-state index in [0.29, 0.717) is 6.42 Å². The summed E-state index contributed by atoms with van der Waals surface area (Å²) in [6, 6.07) is 9.41. The Morgan fingerprint density at radius 1 is 0.804 bits per heavy atom. The molecule has 0 heterocycles. The summed E-state index contributed by atoms with van der Waals surface area (Å²) in [5.41, 5.74) is -0.718. The van der Waals surface area contributed by atoms with Crippen LogP contribution in [-0.2, 0) is 29.6 Å². The fourth-order valence-corrected chi connectivity index (χ4v) is 7.67. The van der Waals surface area contributed by atoms with Gasteiger partial charge in [0.05, 0.1) is 33.7 Å². The van der Waals surface area contributed by atoms with Gasteiger partial charge in [-0.1, -0.05) is 123 Å². The number of ketones is 1. The number of hydrogen-bond donors (Lipinski definition) is 4. The van der Waals surface area contributed by atoms with Gasteiger partial charge in [-0.05, 0) is 48.9 Å². The molecule has 288 valence electrons. The summed E-state index contributed by atoms with van der Waals surface area (Å²) in [4.78, 5) is 26.7. The van der Waals surface area contributed by atoms with Crippen molar-refractivity contribution in [3.05, 3.63) is 47.5 Å². The van der Waals surface area contributed by atoms with Gasteiger partial charge in [-0.25, -0.2) is 21.6 Å². The van der Waals surface area contributed by atoms with Crippen LogP contribution in [-0.4, -0.2) is 58.6 Å². The summed E-state index contributed by atoms with van der Waals surface area (Å²) in [7, 11) is -7.54. The molecule has 2 rings (SSSR count). The van der Waals surface area contributed by atoms with Gasteiger partial charge < -0.3 is 15.2 Å². The summed E-state index contributed by atoms with van der Waals surface area (Å²) in [5.74, 6) is -1.38. The van der Waals surface area contributed by atoms with Crippen molar-refractivity contribution >= 4 is 54.7 Å². The Bertz CT molecular complexity index is 1580. The molecule has 0 aliphatic carbocycles. The number of anilines is 2. The average Bonchev–Trinajstić information content (AvgIpc) is 3.07. The highest BCUT2D eigenvalue weighted by atomic mass is 35.5. The molecule has 0 radical (unpaired) electrons. The van der Waals surface area contributed by atoms with Crippen LogP contribution in [0.15, 0.2) is 47.4 Å². The summed E-state index contributed by atoms with van der Waals surface area (Å²) < 4.78 is 60.9. The van der Waals surface area contributed by atoms with E-state index >= 15 is 0 Å². The predicted octanol–water partition coefficient (Wildman–Crippen LogP) is 7.83. The minimum Gasteiger partial charge on any atom is -0.473 e. The Morgan fingerprint density at radius 3 is 1.84 bits per heavy atom. The molecule has 0 aromatic heterocycles. The SMILES string of the molecule is CCCCCCCCCCCCCCCCS(=O)(=O)Nc1ccc(Cl)c(NC(=O)C(Oc2ccc(S(=O)(=O)NCCO)cc2)C(=O)C(C)(C)C)c1. The lowest BCUT2D eigenvalue weighted by Gasteiger charge is -2.25. The van der Waals surface area contributed by atoms with Crippen LogP contribution < -0.4 is 19.5 Å². The third kappa shape index (κ3) is 17.1. The monoisotopic (exact) mass is 771 g/mol. The molecule has 14 heteroatoms. The van der Waals surface area contributed by atoms with Gasteiger partial charge >= 0.3 is 0 Å². The molecule has 51 heavy (non-hydrogen) atoms. The van der Waals surface area contributed by atoms with E-state index in [-0.39, 0.29) is 45.9 Å². The molecule has 0 saturated carbocycles. The molecule has 2 aromatic carbocycles. The molecule has 0 bridgehead atoms. The number of amides is 1. The first-order valence-electron chi connectivity index (χ1n) is 18.1. The number of Topliss-reactive ketones (excluding diaryl/α,β-unsaturated/α-hetero) is 1. The molecular weight excluding hydrogens is 714 g/mol. The van der Waals surface area contributed by atoms with E-state index in [4.69, 9.17) is 21.4 Å². The fourth-order valence-electron chi connectivity index (χ4n) is 5.32. The zero-order valence-corrected chi connectivity index (χ0v) is 33.0. The number of halogens is 1. The fraction of sp³-hybridized carbons (Fsp3) is 0.622. The van der Waals surface area contributed by atoms with Crippen LogP contribution in [0.3, 0.4) is 0 Å². The first-order chi connectivity index (χ1) is 24.1. The summed E-state index contributed by atoms with van der Waals surface area (Å²) in [5, 5.41) is 11.6. The Labute approximate surface area is 310 Å². The van der Waals surface area contributed by atoms with Crippen molar-refractivity contribution in [1.29, 1.82) is 0 Å². The number of sulfonamides is 2. The van der Waals surface area contributed by atoms with Crippen molar-refractivity contribution in [1.82, 2.24) is 4.72 Å². The van der Waals surface area contributed by atoms with E-state index in [1.165, 1.54) is 107 Å². The molecule has 2 aromatic rings. The molecule has 11 nitrogen and oxygen atoms in total. The maximum Gasteiger partial charge on any atom is 0.273 e. The smallest absolute Gasteiger partial charge is 0.273 e. The normalized spacial score (nSPS) is 12.7. The van der Waals surface area contributed by atoms with Crippen LogP contribution in [0.4, 0.5) is 11.4 Å². The molecule has 0 spiro atoms. The minimum atomic E-state index is -3.88. The maximum atomic E-state index is 13.5. The molecule has 0 aliphatic heterocycles. The number of rotatable bonds is 26. The number of carbonyl (C=O) groups is 2. The Kier molecular flexibility index (Phi) is 19.5. The van der Waals surface area contributed by atoms with Gasteiger partial charge in [-0.3, -0.25) is 14.3 Å². The topological polar surface area (TPSA) is 168 Å². The van der Waals surface area contributed by atoms with Crippen molar-refractivity contribution in [3.8, 4) is 5.75 Å². The van der Waals surface area contributed by atoms with Crippen molar-refractivity contribution in [2.75, 3.05) is 28.9 Å². The second kappa shape index (κ2) is 22.4. The van der Waals surface area contributed by atoms with E-state index in [1.807, 2.05) is 0 Å². The van der Waals surface area contributed by atoms with E-state index in [2.05, 4.69) is 21.7 Å². The molecule has 0 fully saturated rings. The minimum absolute atomic E-state index is 0.0388. The molecular formula is C37H58ClN3O8S2. The summed E-state index contributed by atoms with van der Waals surface area (Å²) in [6.07, 6.45) is 14.7. The predicted molar refractivity (Wildman–Crippen MR) is 205 cm³/mol. The quantitative estimate of drug-likeness (QED) is 0.0554. The van der Waals surface area contributed by atoms with Crippen molar-refractivity contribution in [3.63, 3.8) is 0 Å². The lowest BCUT2D eigenvalue weighted by atomic mass is 9.87. The van der Waals surface area contributed by atoms with E-state index in [1.54, 1.807) is 20.8 Å². The number of hydrogen-bond acceptors (Lipinski definition) is 8. The summed E-state index contributed by atoms with van der Waals surface area (Å²) >= 11 is 6.35. The van der Waals surface area contributed by atoms with Gasteiger partial charge in [-0.15, -0.1) is 0 Å². The standard InChI is InChI=1S/C37H58ClN3O8S2/c1-5-6-7-8-9-10-11-12-13-14-15-16-17-18-27-50(45,46)41-29-19-24-32(38)33(28-29)40-36(44)34(35(43)37(2,3)4)49-30-20-22-31(23-21-30)51(47,48)39-25-26-42/h19-24,28,34,39,41-42H,5-18,25-27H2,1-4H3,(H,40,44). The Hall–Kier alpha value is -2.71. The van der Waals surface area contributed by atoms with Gasteiger partial charge in [0.15, 0.2) is 5.78 Å². The van der Waals surface area contributed by atoms with E-state index in [0.717, 1.165) is 19.3 Å². The molecule has 1 atom stereocenters. The number of aliphatic hydroxyl groups excluding tert-OH is 1. The van der Waals surface area contributed by atoms with Crippen molar-refractivity contribution in [2.45, 2.75) is 129 Å². The van der Waals surface area contributed by atoms with Crippen LogP contribution in [0.25, 0.3) is 0 Å². The lowest BCUT2D eigenvalue weighted by Crippen LogP contribution is -2.45. The molecule has 1 unspecified atom stereocenters. The molecule has 4 N–H and O–H groups in total. The Morgan fingerprint density at radius 2 is 1.33 bits per heavy atom. The number of unbranched alkanes of at least 4 members (excludes halogenated alkanes) is 13. The van der Waals surface area contributed by atoms with Gasteiger partial charge in [0.2, 0.25) is 26.2 Å². The summed E-state index contributed by atoms with van der Waals surface area (Å²) in [6.45, 7) is 6.59. The third-order valence-electron chi connectivity index (χ3n) is 8.27. The first kappa shape index (κ1) is 44.5. The maximum absolute atomic E-state index is 13.5. The van der Waals surface area contributed by atoms with Crippen molar-refractivity contribution in [2.24, 2.45) is 5.41 Å². The number of ether oxygens (including phenoxy) is 1. The number of benzene rings is 2.